The molecule has 1 aromatic carbocycles. The number of nitrogen functional groups attached to an aromatic ring is 1. The molecule has 0 aliphatic heterocycles. The first-order valence-electron chi connectivity index (χ1n) is 5.84. The molecule has 0 spiro atoms. The van der Waals surface area contributed by atoms with E-state index < -0.39 is 11.6 Å². The summed E-state index contributed by atoms with van der Waals surface area (Å²) in [5, 5.41) is 5.52. The smallest absolute Gasteiger partial charge is 0.223 e. The minimum absolute atomic E-state index is 0.0372. The van der Waals surface area contributed by atoms with E-state index in [-0.39, 0.29) is 23.2 Å². The van der Waals surface area contributed by atoms with E-state index in [1.807, 2.05) is 0 Å². The standard InChI is InChI=1S/C12H15F2N3O/c13-8-5-9(14)11(15)10(6-8)16-3-4-17-12(18)7-1-2-7/h5-7,16H,1-4,15H2,(H,17,18). The van der Waals surface area contributed by atoms with E-state index in [9.17, 15) is 13.6 Å². The fourth-order valence-electron chi connectivity index (χ4n) is 1.60. The van der Waals surface area contributed by atoms with Crippen molar-refractivity contribution in [2.24, 2.45) is 5.92 Å². The Morgan fingerprint density at radius 3 is 2.72 bits per heavy atom. The Morgan fingerprint density at radius 1 is 1.33 bits per heavy atom. The molecule has 4 N–H and O–H groups in total. The molecule has 98 valence electrons. The molecule has 0 aromatic heterocycles. The number of hydrogen-bond donors (Lipinski definition) is 3. The maximum atomic E-state index is 13.1. The first kappa shape index (κ1) is 12.6. The largest absolute Gasteiger partial charge is 0.395 e. The Hall–Kier alpha value is -1.85. The normalized spacial score (nSPS) is 14.3. The number of hydrogen-bond acceptors (Lipinski definition) is 3. The van der Waals surface area contributed by atoms with Crippen molar-refractivity contribution in [2.45, 2.75) is 12.8 Å². The molecule has 6 heteroatoms. The molecule has 0 saturated heterocycles. The molecule has 0 radical (unpaired) electrons. The monoisotopic (exact) mass is 255 g/mol. The lowest BCUT2D eigenvalue weighted by Crippen LogP contribution is -2.30. The van der Waals surface area contributed by atoms with Crippen LogP contribution in [0.5, 0.6) is 0 Å². The van der Waals surface area contributed by atoms with Crippen LogP contribution in [0.15, 0.2) is 12.1 Å². The molecule has 18 heavy (non-hydrogen) atoms. The van der Waals surface area contributed by atoms with Crippen LogP contribution in [-0.2, 0) is 4.79 Å². The Labute approximate surface area is 104 Å². The summed E-state index contributed by atoms with van der Waals surface area (Å²) >= 11 is 0. The molecule has 2 rings (SSSR count). The van der Waals surface area contributed by atoms with E-state index in [2.05, 4.69) is 10.6 Å². The highest BCUT2D eigenvalue weighted by molar-refractivity contribution is 5.80. The first-order valence-corrected chi connectivity index (χ1v) is 5.84. The van der Waals surface area contributed by atoms with Crippen LogP contribution in [0.1, 0.15) is 12.8 Å². The van der Waals surface area contributed by atoms with Gasteiger partial charge < -0.3 is 16.4 Å². The predicted molar refractivity (Wildman–Crippen MR) is 65.0 cm³/mol. The Balaban J connectivity index is 1.80. The minimum Gasteiger partial charge on any atom is -0.395 e. The first-order chi connectivity index (χ1) is 8.58. The third-order valence-corrected chi connectivity index (χ3v) is 2.78. The topological polar surface area (TPSA) is 67.2 Å². The van der Waals surface area contributed by atoms with Crippen LogP contribution < -0.4 is 16.4 Å². The molecule has 0 bridgehead atoms. The SMILES string of the molecule is Nc1c(F)cc(F)cc1NCCNC(=O)C1CC1. The van der Waals surface area contributed by atoms with Crippen LogP contribution in [0.3, 0.4) is 0 Å². The van der Waals surface area contributed by atoms with Gasteiger partial charge in [-0.05, 0) is 18.9 Å². The highest BCUT2D eigenvalue weighted by atomic mass is 19.1. The van der Waals surface area contributed by atoms with Crippen molar-refractivity contribution in [3.63, 3.8) is 0 Å². The number of rotatable bonds is 5. The molecule has 1 saturated carbocycles. The van der Waals surface area contributed by atoms with Gasteiger partial charge in [0.15, 0.2) is 5.82 Å². The van der Waals surface area contributed by atoms with Crippen LogP contribution in [0.4, 0.5) is 20.2 Å². The van der Waals surface area contributed by atoms with Crippen LogP contribution in [0, 0.1) is 17.6 Å². The van der Waals surface area contributed by atoms with E-state index in [1.54, 1.807) is 0 Å². The molecule has 1 amide bonds. The zero-order valence-electron chi connectivity index (χ0n) is 9.80. The van der Waals surface area contributed by atoms with Crippen molar-refractivity contribution in [3.05, 3.63) is 23.8 Å². The minimum atomic E-state index is -0.792. The zero-order valence-corrected chi connectivity index (χ0v) is 9.80. The molecular formula is C12H15F2N3O. The van der Waals surface area contributed by atoms with Gasteiger partial charge in [0.2, 0.25) is 5.91 Å². The van der Waals surface area contributed by atoms with Gasteiger partial charge in [0.25, 0.3) is 0 Å². The van der Waals surface area contributed by atoms with E-state index in [0.717, 1.165) is 25.0 Å². The maximum Gasteiger partial charge on any atom is 0.223 e. The fraction of sp³-hybridized carbons (Fsp3) is 0.417. The number of amides is 1. The molecule has 0 atom stereocenters. The molecule has 1 fully saturated rings. The predicted octanol–water partition coefficient (Wildman–Crippen LogP) is 1.49. The van der Waals surface area contributed by atoms with E-state index in [1.165, 1.54) is 0 Å². The lowest BCUT2D eigenvalue weighted by atomic mass is 10.2. The van der Waals surface area contributed by atoms with E-state index >= 15 is 0 Å². The Morgan fingerprint density at radius 2 is 2.06 bits per heavy atom. The third-order valence-electron chi connectivity index (χ3n) is 2.78. The second-order valence-electron chi connectivity index (χ2n) is 4.34. The lowest BCUT2D eigenvalue weighted by molar-refractivity contribution is -0.122. The zero-order chi connectivity index (χ0) is 13.1. The number of nitrogens with one attached hydrogen (secondary N) is 2. The number of benzene rings is 1. The summed E-state index contributed by atoms with van der Waals surface area (Å²) in [6.45, 7) is 0.762. The van der Waals surface area contributed by atoms with E-state index in [0.29, 0.717) is 13.1 Å². The number of halogens is 2. The maximum absolute atomic E-state index is 13.1. The number of carbonyl (C=O) groups excluding carboxylic acids is 1. The molecule has 1 aromatic rings. The molecule has 0 unspecified atom stereocenters. The number of anilines is 2. The van der Waals surface area contributed by atoms with Gasteiger partial charge in [-0.25, -0.2) is 8.78 Å². The van der Waals surface area contributed by atoms with Gasteiger partial charge in [-0.1, -0.05) is 0 Å². The highest BCUT2D eigenvalue weighted by Crippen LogP contribution is 2.28. The highest BCUT2D eigenvalue weighted by Gasteiger charge is 2.28. The third kappa shape index (κ3) is 3.09. The molecule has 0 heterocycles. The summed E-state index contributed by atoms with van der Waals surface area (Å²) in [7, 11) is 0. The summed E-state index contributed by atoms with van der Waals surface area (Å²) in [6.07, 6.45) is 1.89. The van der Waals surface area contributed by atoms with Gasteiger partial charge in [0, 0.05) is 25.1 Å². The van der Waals surface area contributed by atoms with Gasteiger partial charge in [-0.3, -0.25) is 4.79 Å². The molecular weight excluding hydrogens is 240 g/mol. The second kappa shape index (κ2) is 5.20. The molecule has 1 aliphatic carbocycles. The van der Waals surface area contributed by atoms with Crippen LogP contribution in [0.25, 0.3) is 0 Å². The summed E-state index contributed by atoms with van der Waals surface area (Å²) in [5.41, 5.74) is 5.54. The number of nitrogens with two attached hydrogens (primary N) is 1. The van der Waals surface area contributed by atoms with Crippen molar-refractivity contribution in [2.75, 3.05) is 24.1 Å². The number of carbonyl (C=O) groups is 1. The Kier molecular flexibility index (Phi) is 3.64. The van der Waals surface area contributed by atoms with E-state index in [4.69, 9.17) is 5.73 Å². The van der Waals surface area contributed by atoms with Gasteiger partial charge >= 0.3 is 0 Å². The van der Waals surface area contributed by atoms with Crippen molar-refractivity contribution < 1.29 is 13.6 Å². The summed E-state index contributed by atoms with van der Waals surface area (Å²) < 4.78 is 26.1. The fourth-order valence-corrected chi connectivity index (χ4v) is 1.60. The van der Waals surface area contributed by atoms with Crippen molar-refractivity contribution in [3.8, 4) is 0 Å². The van der Waals surface area contributed by atoms with Gasteiger partial charge in [0.05, 0.1) is 11.4 Å². The van der Waals surface area contributed by atoms with Gasteiger partial charge in [-0.2, -0.15) is 0 Å². The average Bonchev–Trinajstić information content (AvgIpc) is 3.14. The summed E-state index contributed by atoms with van der Waals surface area (Å²) in [6, 6.07) is 1.86. The van der Waals surface area contributed by atoms with Gasteiger partial charge in [-0.15, -0.1) is 0 Å². The molecule has 1 aliphatic rings. The lowest BCUT2D eigenvalue weighted by Gasteiger charge is -2.10. The second-order valence-corrected chi connectivity index (χ2v) is 4.34. The summed E-state index contributed by atoms with van der Waals surface area (Å²) in [4.78, 5) is 11.3. The van der Waals surface area contributed by atoms with Crippen molar-refractivity contribution >= 4 is 17.3 Å². The van der Waals surface area contributed by atoms with Gasteiger partial charge in [0.1, 0.15) is 5.82 Å². The average molecular weight is 255 g/mol. The van der Waals surface area contributed by atoms with Crippen LogP contribution in [-0.4, -0.2) is 19.0 Å². The van der Waals surface area contributed by atoms with Crippen LogP contribution in [0.2, 0.25) is 0 Å². The quantitative estimate of drug-likeness (QED) is 0.551. The summed E-state index contributed by atoms with van der Waals surface area (Å²) in [5.74, 6) is -1.29. The molecule has 4 nitrogen and oxygen atoms in total. The Bertz CT molecular complexity index is 461. The van der Waals surface area contributed by atoms with Crippen molar-refractivity contribution in [1.29, 1.82) is 0 Å². The van der Waals surface area contributed by atoms with Crippen LogP contribution >= 0.6 is 0 Å². The van der Waals surface area contributed by atoms with Crippen molar-refractivity contribution in [1.82, 2.24) is 5.32 Å².